The third-order valence-electron chi connectivity index (χ3n) is 1.79. The highest BCUT2D eigenvalue weighted by Gasteiger charge is 2.08. The first-order chi connectivity index (χ1) is 6.51. The van der Waals surface area contributed by atoms with Crippen molar-refractivity contribution in [2.75, 3.05) is 5.32 Å². The summed E-state index contributed by atoms with van der Waals surface area (Å²) >= 11 is 0. The van der Waals surface area contributed by atoms with Crippen LogP contribution in [0.25, 0.3) is 0 Å². The van der Waals surface area contributed by atoms with Gasteiger partial charge < -0.3 is 10.1 Å². The Morgan fingerprint density at radius 1 is 1.21 bits per heavy atom. The van der Waals surface area contributed by atoms with E-state index in [1.165, 1.54) is 0 Å². The molecule has 14 heavy (non-hydrogen) atoms. The largest absolute Gasteiger partial charge is 0.380 e. The zero-order valence-corrected chi connectivity index (χ0v) is 9.00. The highest BCUT2D eigenvalue weighted by Crippen LogP contribution is 2.15. The van der Waals surface area contributed by atoms with Crippen molar-refractivity contribution in [3.05, 3.63) is 29.8 Å². The van der Waals surface area contributed by atoms with Gasteiger partial charge >= 0.3 is 0 Å². The highest BCUT2D eigenvalue weighted by molar-refractivity contribution is 5.56. The quantitative estimate of drug-likeness (QED) is 0.744. The van der Waals surface area contributed by atoms with E-state index in [0.717, 1.165) is 17.5 Å². The molecule has 0 spiro atoms. The van der Waals surface area contributed by atoms with E-state index in [4.69, 9.17) is 0 Å². The molecule has 1 N–H and O–H groups in total. The first-order valence-corrected chi connectivity index (χ1v) is 4.82. The molecule has 1 aromatic rings. The van der Waals surface area contributed by atoms with Gasteiger partial charge in [-0.3, -0.25) is 0 Å². The van der Waals surface area contributed by atoms with Crippen LogP contribution in [0.4, 0.5) is 5.69 Å². The van der Waals surface area contributed by atoms with Crippen molar-refractivity contribution in [2.24, 2.45) is 0 Å². The maximum atomic E-state index is 10.3. The zero-order valence-electron chi connectivity index (χ0n) is 9.00. The number of hydrogen-bond acceptors (Lipinski definition) is 2. The van der Waals surface area contributed by atoms with Gasteiger partial charge in [0.25, 0.3) is 0 Å². The van der Waals surface area contributed by atoms with E-state index < -0.39 is 0 Å². The normalized spacial score (nSPS) is 11.1. The van der Waals surface area contributed by atoms with Crippen LogP contribution in [0.5, 0.6) is 0 Å². The van der Waals surface area contributed by atoms with Crippen LogP contribution in [-0.4, -0.2) is 11.8 Å². The fourth-order valence-corrected chi connectivity index (χ4v) is 1.25. The van der Waals surface area contributed by atoms with Crippen LogP contribution in [0, 0.1) is 0 Å². The van der Waals surface area contributed by atoms with Crippen molar-refractivity contribution in [3.8, 4) is 0 Å². The van der Waals surface area contributed by atoms with E-state index in [-0.39, 0.29) is 5.54 Å². The molecule has 0 saturated heterocycles. The maximum absolute atomic E-state index is 10.3. The van der Waals surface area contributed by atoms with Gasteiger partial charge in [-0.1, -0.05) is 12.1 Å². The SMILES string of the molecule is CC(C)(C)Nc1ccc(CC=O)cc1. The van der Waals surface area contributed by atoms with Crippen LogP contribution in [0.1, 0.15) is 26.3 Å². The predicted molar refractivity (Wildman–Crippen MR) is 59.6 cm³/mol. The van der Waals surface area contributed by atoms with E-state index in [1.54, 1.807) is 0 Å². The Balaban J connectivity index is 2.68. The second-order valence-corrected chi connectivity index (χ2v) is 4.44. The van der Waals surface area contributed by atoms with Gasteiger partial charge in [0.2, 0.25) is 0 Å². The second-order valence-electron chi connectivity index (χ2n) is 4.44. The molecule has 0 aliphatic heterocycles. The van der Waals surface area contributed by atoms with Crippen molar-refractivity contribution >= 4 is 12.0 Å². The van der Waals surface area contributed by atoms with Gasteiger partial charge in [-0.05, 0) is 38.5 Å². The Labute approximate surface area is 85.3 Å². The molecule has 1 aromatic carbocycles. The summed E-state index contributed by atoms with van der Waals surface area (Å²) in [5.74, 6) is 0. The molecule has 0 radical (unpaired) electrons. The summed E-state index contributed by atoms with van der Waals surface area (Å²) < 4.78 is 0. The fraction of sp³-hybridized carbons (Fsp3) is 0.417. The van der Waals surface area contributed by atoms with Gasteiger partial charge in [-0.2, -0.15) is 0 Å². The van der Waals surface area contributed by atoms with E-state index in [2.05, 4.69) is 26.1 Å². The molecule has 0 aliphatic carbocycles. The standard InChI is InChI=1S/C12H17NO/c1-12(2,3)13-11-6-4-10(5-7-11)8-9-14/h4-7,9,13H,8H2,1-3H3. The summed E-state index contributed by atoms with van der Waals surface area (Å²) in [5, 5.41) is 3.36. The average Bonchev–Trinajstić information content (AvgIpc) is 2.06. The minimum absolute atomic E-state index is 0.0756. The Morgan fingerprint density at radius 2 is 1.79 bits per heavy atom. The highest BCUT2D eigenvalue weighted by atomic mass is 16.1. The first kappa shape index (κ1) is 10.8. The molecule has 76 valence electrons. The van der Waals surface area contributed by atoms with E-state index >= 15 is 0 Å². The molecule has 0 bridgehead atoms. The lowest BCUT2D eigenvalue weighted by Crippen LogP contribution is -2.25. The van der Waals surface area contributed by atoms with Crippen molar-refractivity contribution in [1.29, 1.82) is 0 Å². The van der Waals surface area contributed by atoms with Crippen LogP contribution in [0.15, 0.2) is 24.3 Å². The van der Waals surface area contributed by atoms with Crippen LogP contribution >= 0.6 is 0 Å². The molecule has 1 rings (SSSR count). The molecule has 0 unspecified atom stereocenters. The van der Waals surface area contributed by atoms with E-state index in [1.807, 2.05) is 24.3 Å². The van der Waals surface area contributed by atoms with E-state index in [0.29, 0.717) is 6.42 Å². The zero-order chi connectivity index (χ0) is 10.6. The third kappa shape index (κ3) is 3.60. The minimum Gasteiger partial charge on any atom is -0.380 e. The molecule has 0 saturated carbocycles. The smallest absolute Gasteiger partial charge is 0.124 e. The fourth-order valence-electron chi connectivity index (χ4n) is 1.25. The number of aldehydes is 1. The van der Waals surface area contributed by atoms with Crippen molar-refractivity contribution < 1.29 is 4.79 Å². The van der Waals surface area contributed by atoms with Crippen molar-refractivity contribution in [2.45, 2.75) is 32.7 Å². The van der Waals surface area contributed by atoms with E-state index in [9.17, 15) is 4.79 Å². The molecular weight excluding hydrogens is 174 g/mol. The average molecular weight is 191 g/mol. The lowest BCUT2D eigenvalue weighted by Gasteiger charge is -2.22. The third-order valence-corrected chi connectivity index (χ3v) is 1.79. The topological polar surface area (TPSA) is 29.1 Å². The molecular formula is C12H17NO. The summed E-state index contributed by atoms with van der Waals surface area (Å²) in [5.41, 5.74) is 2.22. The molecule has 0 amide bonds. The Hall–Kier alpha value is -1.31. The van der Waals surface area contributed by atoms with Crippen LogP contribution in [0.3, 0.4) is 0 Å². The summed E-state index contributed by atoms with van der Waals surface area (Å²) in [6.45, 7) is 6.35. The summed E-state index contributed by atoms with van der Waals surface area (Å²) in [6, 6.07) is 7.96. The monoisotopic (exact) mass is 191 g/mol. The minimum atomic E-state index is 0.0756. The molecule has 0 aromatic heterocycles. The second kappa shape index (κ2) is 4.27. The van der Waals surface area contributed by atoms with Crippen molar-refractivity contribution in [1.82, 2.24) is 0 Å². The summed E-state index contributed by atoms with van der Waals surface area (Å²) in [6.07, 6.45) is 1.42. The number of rotatable bonds is 3. The van der Waals surface area contributed by atoms with Gasteiger partial charge in [-0.25, -0.2) is 0 Å². The van der Waals surface area contributed by atoms with Crippen LogP contribution in [0.2, 0.25) is 0 Å². The van der Waals surface area contributed by atoms with Gasteiger partial charge in [0.05, 0.1) is 0 Å². The number of hydrogen-bond donors (Lipinski definition) is 1. The molecule has 2 heteroatoms. The number of nitrogens with one attached hydrogen (secondary N) is 1. The molecule has 0 atom stereocenters. The summed E-state index contributed by atoms with van der Waals surface area (Å²) in [4.78, 5) is 10.3. The van der Waals surface area contributed by atoms with Crippen molar-refractivity contribution in [3.63, 3.8) is 0 Å². The summed E-state index contributed by atoms with van der Waals surface area (Å²) in [7, 11) is 0. The van der Waals surface area contributed by atoms with Crippen LogP contribution in [-0.2, 0) is 11.2 Å². The number of benzene rings is 1. The molecule has 0 aliphatic rings. The molecule has 0 heterocycles. The van der Waals surface area contributed by atoms with Gasteiger partial charge in [-0.15, -0.1) is 0 Å². The first-order valence-electron chi connectivity index (χ1n) is 4.82. The predicted octanol–water partition coefficient (Wildman–Crippen LogP) is 2.64. The Morgan fingerprint density at radius 3 is 2.21 bits per heavy atom. The van der Waals surface area contributed by atoms with Crippen LogP contribution < -0.4 is 5.32 Å². The van der Waals surface area contributed by atoms with Gasteiger partial charge in [0, 0.05) is 17.6 Å². The molecule has 2 nitrogen and oxygen atoms in total. The Kier molecular flexibility index (Phi) is 3.28. The number of carbonyl (C=O) groups excluding carboxylic acids is 1. The lowest BCUT2D eigenvalue weighted by molar-refractivity contribution is -0.107. The van der Waals surface area contributed by atoms with Gasteiger partial charge in [0.15, 0.2) is 0 Å². The molecule has 0 fully saturated rings. The lowest BCUT2D eigenvalue weighted by atomic mass is 10.1. The Bertz CT molecular complexity index is 295. The maximum Gasteiger partial charge on any atom is 0.124 e. The van der Waals surface area contributed by atoms with Gasteiger partial charge in [0.1, 0.15) is 6.29 Å². The number of anilines is 1. The number of carbonyl (C=O) groups is 1.